The molecule has 0 saturated carbocycles. The van der Waals surface area contributed by atoms with Crippen molar-refractivity contribution >= 4 is 34.6 Å². The molecule has 8 heteroatoms. The Morgan fingerprint density at radius 1 is 0.800 bits per heavy atom. The molecule has 204 valence electrons. The van der Waals surface area contributed by atoms with Crippen LogP contribution in [0.4, 0.5) is 13.2 Å². The van der Waals surface area contributed by atoms with Crippen molar-refractivity contribution in [1.29, 1.82) is 0 Å². The Hall–Kier alpha value is -3.42. The summed E-state index contributed by atoms with van der Waals surface area (Å²) >= 11 is 11.8. The normalized spacial score (nSPS) is 15.6. The van der Waals surface area contributed by atoms with Gasteiger partial charge < -0.3 is 5.11 Å². The SMILES string of the molecule is O=C(C=C(c1cc(Cl)cc(Cl)c1)C(F)(F)F)c1ccc(C2(O)CN(C(c3ccccc3)c3ccccc3)C2)cc1. The third kappa shape index (κ3) is 6.01. The first-order chi connectivity index (χ1) is 19.0. The lowest BCUT2D eigenvalue weighted by Gasteiger charge is -2.50. The van der Waals surface area contributed by atoms with E-state index in [1.807, 2.05) is 36.4 Å². The van der Waals surface area contributed by atoms with Gasteiger partial charge in [-0.3, -0.25) is 9.69 Å². The number of rotatable bonds is 7. The van der Waals surface area contributed by atoms with Gasteiger partial charge in [-0.1, -0.05) is 108 Å². The largest absolute Gasteiger partial charge is 0.417 e. The number of β-amino-alcohol motifs (C(OH)–C–C–N with tert-alkyl or cyclic N) is 1. The third-order valence-electron chi connectivity index (χ3n) is 6.99. The van der Waals surface area contributed by atoms with Crippen LogP contribution in [0.2, 0.25) is 10.0 Å². The van der Waals surface area contributed by atoms with Crippen LogP contribution in [0.5, 0.6) is 0 Å². The third-order valence-corrected chi connectivity index (χ3v) is 7.42. The van der Waals surface area contributed by atoms with Gasteiger partial charge in [-0.25, -0.2) is 0 Å². The number of aliphatic hydroxyl groups is 1. The molecule has 1 fully saturated rings. The molecule has 0 atom stereocenters. The summed E-state index contributed by atoms with van der Waals surface area (Å²) in [6.45, 7) is 0.699. The summed E-state index contributed by atoms with van der Waals surface area (Å²) in [5.41, 5.74) is 0.243. The first kappa shape index (κ1) is 28.1. The summed E-state index contributed by atoms with van der Waals surface area (Å²) < 4.78 is 41.5. The molecule has 0 spiro atoms. The van der Waals surface area contributed by atoms with E-state index in [0.717, 1.165) is 23.3 Å². The summed E-state index contributed by atoms with van der Waals surface area (Å²) in [5, 5.41) is 11.4. The van der Waals surface area contributed by atoms with Crippen molar-refractivity contribution in [2.24, 2.45) is 0 Å². The first-order valence-electron chi connectivity index (χ1n) is 12.5. The number of benzene rings is 4. The van der Waals surface area contributed by atoms with E-state index in [1.165, 1.54) is 18.2 Å². The molecule has 0 bridgehead atoms. The smallest absolute Gasteiger partial charge is 0.382 e. The Morgan fingerprint density at radius 2 is 1.30 bits per heavy atom. The maximum atomic E-state index is 13.8. The minimum atomic E-state index is -4.80. The van der Waals surface area contributed by atoms with Gasteiger partial charge in [-0.05, 0) is 46.5 Å². The summed E-state index contributed by atoms with van der Waals surface area (Å²) in [5.74, 6) is -0.828. The molecule has 4 aromatic carbocycles. The zero-order valence-electron chi connectivity index (χ0n) is 21.1. The molecule has 0 amide bonds. The van der Waals surface area contributed by atoms with E-state index in [-0.39, 0.29) is 27.2 Å². The van der Waals surface area contributed by atoms with Crippen LogP contribution in [0.25, 0.3) is 5.57 Å². The van der Waals surface area contributed by atoms with Gasteiger partial charge in [-0.15, -0.1) is 0 Å². The fraction of sp³-hybridized carbons (Fsp3) is 0.156. The highest BCUT2D eigenvalue weighted by Crippen LogP contribution is 2.41. The lowest BCUT2D eigenvalue weighted by molar-refractivity contribution is -0.116. The van der Waals surface area contributed by atoms with Crippen molar-refractivity contribution in [3.63, 3.8) is 0 Å². The fourth-order valence-electron chi connectivity index (χ4n) is 5.07. The van der Waals surface area contributed by atoms with Gasteiger partial charge in [0, 0.05) is 28.7 Å². The maximum Gasteiger partial charge on any atom is 0.417 e. The number of hydrogen-bond donors (Lipinski definition) is 1. The minimum Gasteiger partial charge on any atom is -0.382 e. The predicted octanol–water partition coefficient (Wildman–Crippen LogP) is 8.11. The number of hydrogen-bond acceptors (Lipinski definition) is 3. The molecule has 1 saturated heterocycles. The molecule has 1 aliphatic heterocycles. The van der Waals surface area contributed by atoms with E-state index in [9.17, 15) is 23.1 Å². The lowest BCUT2D eigenvalue weighted by atomic mass is 9.82. The summed E-state index contributed by atoms with van der Waals surface area (Å²) in [7, 11) is 0. The average Bonchev–Trinajstić information content (AvgIpc) is 2.91. The number of carbonyl (C=O) groups excluding carboxylic acids is 1. The van der Waals surface area contributed by atoms with Crippen LogP contribution in [0, 0.1) is 0 Å². The van der Waals surface area contributed by atoms with Crippen LogP contribution >= 0.6 is 23.2 Å². The maximum absolute atomic E-state index is 13.8. The second kappa shape index (κ2) is 11.2. The number of halogens is 5. The summed E-state index contributed by atoms with van der Waals surface area (Å²) in [6.07, 6.45) is -4.26. The van der Waals surface area contributed by atoms with Crippen molar-refractivity contribution in [2.45, 2.75) is 17.8 Å². The van der Waals surface area contributed by atoms with Crippen molar-refractivity contribution in [3.05, 3.63) is 147 Å². The van der Waals surface area contributed by atoms with Crippen LogP contribution in [0.1, 0.15) is 38.7 Å². The second-order valence-corrected chi connectivity index (χ2v) is 10.7. The average molecular weight is 582 g/mol. The van der Waals surface area contributed by atoms with E-state index in [0.29, 0.717) is 24.7 Å². The Kier molecular flexibility index (Phi) is 7.89. The molecule has 1 aliphatic rings. The summed E-state index contributed by atoms with van der Waals surface area (Å²) in [6, 6.07) is 29.6. The highest BCUT2D eigenvalue weighted by Gasteiger charge is 2.46. The van der Waals surface area contributed by atoms with E-state index in [2.05, 4.69) is 29.2 Å². The van der Waals surface area contributed by atoms with Gasteiger partial charge in [0.2, 0.25) is 0 Å². The van der Waals surface area contributed by atoms with Crippen LogP contribution in [-0.4, -0.2) is 35.1 Å². The van der Waals surface area contributed by atoms with Crippen molar-refractivity contribution in [3.8, 4) is 0 Å². The number of ketones is 1. The molecule has 4 aromatic rings. The molecule has 3 nitrogen and oxygen atoms in total. The Labute approximate surface area is 240 Å². The number of likely N-dealkylation sites (tertiary alicyclic amines) is 1. The Morgan fingerprint density at radius 3 is 1.77 bits per heavy atom. The number of nitrogens with zero attached hydrogens (tertiary/aromatic N) is 1. The van der Waals surface area contributed by atoms with Gasteiger partial charge in [0.15, 0.2) is 5.78 Å². The highest BCUT2D eigenvalue weighted by atomic mass is 35.5. The van der Waals surface area contributed by atoms with Gasteiger partial charge in [-0.2, -0.15) is 13.2 Å². The number of carbonyl (C=O) groups is 1. The van der Waals surface area contributed by atoms with E-state index < -0.39 is 23.1 Å². The molecule has 5 rings (SSSR count). The molecule has 1 heterocycles. The predicted molar refractivity (Wildman–Crippen MR) is 151 cm³/mol. The van der Waals surface area contributed by atoms with E-state index in [1.54, 1.807) is 12.1 Å². The van der Waals surface area contributed by atoms with E-state index >= 15 is 0 Å². The van der Waals surface area contributed by atoms with Gasteiger partial charge in [0.25, 0.3) is 0 Å². The minimum absolute atomic E-state index is 0.0269. The monoisotopic (exact) mass is 581 g/mol. The molecular weight excluding hydrogens is 558 g/mol. The molecule has 0 aromatic heterocycles. The topological polar surface area (TPSA) is 40.5 Å². The zero-order valence-corrected chi connectivity index (χ0v) is 22.6. The number of allylic oxidation sites excluding steroid dienone is 2. The molecule has 0 radical (unpaired) electrons. The van der Waals surface area contributed by atoms with Crippen molar-refractivity contribution < 1.29 is 23.1 Å². The fourth-order valence-corrected chi connectivity index (χ4v) is 5.60. The standard InChI is InChI=1S/C32H24Cl2F3NO2/c33-26-15-24(16-27(34)17-26)28(32(35,36)37)18-29(39)21-11-13-25(14-12-21)31(40)19-38(20-31)30(22-7-3-1-4-8-22)23-9-5-2-6-10-23/h1-18,30,40H,19-20H2. The first-order valence-corrected chi connectivity index (χ1v) is 13.3. The van der Waals surface area contributed by atoms with Crippen molar-refractivity contribution in [2.75, 3.05) is 13.1 Å². The highest BCUT2D eigenvalue weighted by molar-refractivity contribution is 6.35. The van der Waals surface area contributed by atoms with Gasteiger partial charge in [0.1, 0.15) is 5.60 Å². The quantitative estimate of drug-likeness (QED) is 0.177. The van der Waals surface area contributed by atoms with Crippen LogP contribution in [0.15, 0.2) is 109 Å². The van der Waals surface area contributed by atoms with Crippen LogP contribution < -0.4 is 0 Å². The molecule has 40 heavy (non-hydrogen) atoms. The zero-order chi connectivity index (χ0) is 28.5. The second-order valence-electron chi connectivity index (χ2n) is 9.82. The van der Waals surface area contributed by atoms with Crippen LogP contribution in [-0.2, 0) is 5.60 Å². The van der Waals surface area contributed by atoms with Gasteiger partial charge >= 0.3 is 6.18 Å². The molecule has 1 N–H and O–H groups in total. The molecular formula is C32H24Cl2F3NO2. The van der Waals surface area contributed by atoms with E-state index in [4.69, 9.17) is 23.2 Å². The van der Waals surface area contributed by atoms with Gasteiger partial charge in [0.05, 0.1) is 11.6 Å². The molecule has 0 aliphatic carbocycles. The lowest BCUT2D eigenvalue weighted by Crippen LogP contribution is -2.60. The van der Waals surface area contributed by atoms with Crippen molar-refractivity contribution in [1.82, 2.24) is 4.90 Å². The summed E-state index contributed by atoms with van der Waals surface area (Å²) in [4.78, 5) is 15.0. The Balaban J connectivity index is 1.36. The van der Waals surface area contributed by atoms with Crippen LogP contribution in [0.3, 0.4) is 0 Å². The number of alkyl halides is 3. The Bertz CT molecular complexity index is 1470. The molecule has 0 unspecified atom stereocenters.